The van der Waals surface area contributed by atoms with Crippen LogP contribution in [0.4, 0.5) is 0 Å². The Bertz CT molecular complexity index is 1020. The molecule has 1 amide bonds. The van der Waals surface area contributed by atoms with E-state index in [4.69, 9.17) is 0 Å². The smallest absolute Gasteiger partial charge is 0.275 e. The van der Waals surface area contributed by atoms with Gasteiger partial charge in [0.1, 0.15) is 0 Å². The first kappa shape index (κ1) is 19.8. The van der Waals surface area contributed by atoms with Gasteiger partial charge in [-0.3, -0.25) is 9.59 Å². The van der Waals surface area contributed by atoms with Crippen molar-refractivity contribution < 1.29 is 4.79 Å². The van der Waals surface area contributed by atoms with Crippen LogP contribution < -0.4 is 5.56 Å². The van der Waals surface area contributed by atoms with Gasteiger partial charge in [0, 0.05) is 18.0 Å². The number of rotatable bonds is 6. The van der Waals surface area contributed by atoms with E-state index in [2.05, 4.69) is 12.0 Å². The average molecular weight is 377 g/mol. The van der Waals surface area contributed by atoms with Crippen molar-refractivity contribution >= 4 is 16.7 Å². The van der Waals surface area contributed by atoms with E-state index >= 15 is 0 Å². The molecule has 146 valence electrons. The lowest BCUT2D eigenvalue weighted by Crippen LogP contribution is -2.39. The Morgan fingerprint density at radius 2 is 1.61 bits per heavy atom. The van der Waals surface area contributed by atoms with E-state index < -0.39 is 0 Å². The third-order valence-electron chi connectivity index (χ3n) is 5.10. The molecule has 0 N–H and O–H groups in total. The number of hydrogen-bond donors (Lipinski definition) is 0. The summed E-state index contributed by atoms with van der Waals surface area (Å²) in [5.74, 6) is -0.149. The van der Waals surface area contributed by atoms with Gasteiger partial charge in [0.15, 0.2) is 5.69 Å². The lowest BCUT2D eigenvalue weighted by atomic mass is 10.1. The Morgan fingerprint density at radius 3 is 2.21 bits per heavy atom. The molecule has 2 aromatic carbocycles. The van der Waals surface area contributed by atoms with Crippen molar-refractivity contribution in [3.63, 3.8) is 0 Å². The molecule has 0 radical (unpaired) electrons. The maximum atomic E-state index is 13.6. The Kier molecular flexibility index (Phi) is 5.93. The molecule has 0 spiro atoms. The average Bonchev–Trinajstić information content (AvgIpc) is 2.72. The van der Waals surface area contributed by atoms with E-state index in [-0.39, 0.29) is 23.6 Å². The summed E-state index contributed by atoms with van der Waals surface area (Å²) < 4.78 is 1.41. The molecular weight excluding hydrogens is 350 g/mol. The number of nitrogens with zero attached hydrogens (tertiary/aromatic N) is 3. The Labute approximate surface area is 165 Å². The zero-order valence-electron chi connectivity index (χ0n) is 16.9. The summed E-state index contributed by atoms with van der Waals surface area (Å²) in [5, 5.41) is 5.63. The van der Waals surface area contributed by atoms with Gasteiger partial charge in [-0.25, -0.2) is 4.68 Å². The summed E-state index contributed by atoms with van der Waals surface area (Å²) in [6.07, 6.45) is 0.834. The first-order valence-electron chi connectivity index (χ1n) is 9.80. The fraction of sp³-hybridized carbons (Fsp3) is 0.348. The molecule has 0 aliphatic rings. The molecule has 28 heavy (non-hydrogen) atoms. The molecule has 1 unspecified atom stereocenters. The number of carbonyl (C=O) groups excluding carboxylic acids is 1. The van der Waals surface area contributed by atoms with Crippen LogP contribution in [-0.2, 0) is 6.54 Å². The quantitative estimate of drug-likeness (QED) is 0.639. The monoisotopic (exact) mass is 377 g/mol. The van der Waals surface area contributed by atoms with Crippen LogP contribution in [0.2, 0.25) is 0 Å². The highest BCUT2D eigenvalue weighted by atomic mass is 16.2. The second-order valence-electron chi connectivity index (χ2n) is 7.41. The van der Waals surface area contributed by atoms with Crippen molar-refractivity contribution in [3.05, 3.63) is 76.2 Å². The SMILES string of the molecule is CCC(C)N(Cc1ccccc1)C(=O)c1nn(C(C)C)c(=O)c2ccccc12. The molecule has 0 bridgehead atoms. The standard InChI is InChI=1S/C23H27N3O2/c1-5-17(4)25(15-18-11-7-6-8-12-18)23(28)21-19-13-9-10-14-20(19)22(27)26(24-21)16(2)3/h6-14,16-17H,5,15H2,1-4H3. The minimum Gasteiger partial charge on any atom is -0.330 e. The second-order valence-corrected chi connectivity index (χ2v) is 7.41. The van der Waals surface area contributed by atoms with Gasteiger partial charge < -0.3 is 4.90 Å². The second kappa shape index (κ2) is 8.38. The van der Waals surface area contributed by atoms with Gasteiger partial charge in [0.2, 0.25) is 0 Å². The summed E-state index contributed by atoms with van der Waals surface area (Å²) in [4.78, 5) is 28.2. The Balaban J connectivity index is 2.14. The van der Waals surface area contributed by atoms with E-state index in [1.807, 2.05) is 68.1 Å². The van der Waals surface area contributed by atoms with Gasteiger partial charge >= 0.3 is 0 Å². The normalized spacial score (nSPS) is 12.3. The summed E-state index contributed by atoms with van der Waals surface area (Å²) in [5.41, 5.74) is 1.23. The highest BCUT2D eigenvalue weighted by Gasteiger charge is 2.25. The number of carbonyl (C=O) groups is 1. The van der Waals surface area contributed by atoms with Crippen LogP contribution in [0.15, 0.2) is 59.4 Å². The molecule has 5 nitrogen and oxygen atoms in total. The third kappa shape index (κ3) is 3.84. The molecule has 0 saturated heterocycles. The molecular formula is C23H27N3O2. The van der Waals surface area contributed by atoms with Crippen LogP contribution >= 0.6 is 0 Å². The van der Waals surface area contributed by atoms with Gasteiger partial charge in [-0.2, -0.15) is 5.10 Å². The molecule has 0 aliphatic heterocycles. The van der Waals surface area contributed by atoms with E-state index in [0.717, 1.165) is 12.0 Å². The van der Waals surface area contributed by atoms with Crippen molar-refractivity contribution in [1.82, 2.24) is 14.7 Å². The lowest BCUT2D eigenvalue weighted by molar-refractivity contribution is 0.0664. The van der Waals surface area contributed by atoms with Gasteiger partial charge in [-0.05, 0) is 38.8 Å². The predicted molar refractivity (Wildman–Crippen MR) is 112 cm³/mol. The maximum absolute atomic E-state index is 13.6. The number of fused-ring (bicyclic) bond motifs is 1. The van der Waals surface area contributed by atoms with Gasteiger partial charge in [-0.1, -0.05) is 55.5 Å². The van der Waals surface area contributed by atoms with Crippen LogP contribution in [0.25, 0.3) is 10.8 Å². The minimum atomic E-state index is -0.166. The van der Waals surface area contributed by atoms with Crippen LogP contribution in [0.5, 0.6) is 0 Å². The molecule has 1 heterocycles. The minimum absolute atomic E-state index is 0.0488. The fourth-order valence-corrected chi connectivity index (χ4v) is 3.28. The first-order chi connectivity index (χ1) is 13.4. The summed E-state index contributed by atoms with van der Waals surface area (Å²) >= 11 is 0. The van der Waals surface area contributed by atoms with Gasteiger partial charge in [0.05, 0.1) is 11.4 Å². The van der Waals surface area contributed by atoms with E-state index in [0.29, 0.717) is 23.0 Å². The molecule has 3 aromatic rings. The topological polar surface area (TPSA) is 55.2 Å². The van der Waals surface area contributed by atoms with Gasteiger partial charge in [-0.15, -0.1) is 0 Å². The fourth-order valence-electron chi connectivity index (χ4n) is 3.28. The maximum Gasteiger partial charge on any atom is 0.275 e. The molecule has 1 atom stereocenters. The Morgan fingerprint density at radius 1 is 1.00 bits per heavy atom. The van der Waals surface area contributed by atoms with Crippen molar-refractivity contribution in [2.45, 2.75) is 52.7 Å². The van der Waals surface area contributed by atoms with Crippen molar-refractivity contribution in [3.8, 4) is 0 Å². The largest absolute Gasteiger partial charge is 0.330 e. The van der Waals surface area contributed by atoms with E-state index in [1.165, 1.54) is 4.68 Å². The summed E-state index contributed by atoms with van der Waals surface area (Å²) in [6.45, 7) is 8.41. The van der Waals surface area contributed by atoms with E-state index in [9.17, 15) is 9.59 Å². The van der Waals surface area contributed by atoms with Crippen LogP contribution in [0.1, 0.15) is 56.2 Å². The molecule has 0 saturated carbocycles. The highest BCUT2D eigenvalue weighted by molar-refractivity contribution is 6.04. The number of aromatic nitrogens is 2. The molecule has 0 aliphatic carbocycles. The molecule has 0 fully saturated rings. The number of amides is 1. The zero-order valence-corrected chi connectivity index (χ0v) is 16.9. The zero-order chi connectivity index (χ0) is 20.3. The molecule has 3 rings (SSSR count). The van der Waals surface area contributed by atoms with Crippen LogP contribution in [-0.4, -0.2) is 26.6 Å². The van der Waals surface area contributed by atoms with Crippen molar-refractivity contribution in [2.24, 2.45) is 0 Å². The number of benzene rings is 2. The third-order valence-corrected chi connectivity index (χ3v) is 5.10. The van der Waals surface area contributed by atoms with Crippen LogP contribution in [0, 0.1) is 0 Å². The first-order valence-corrected chi connectivity index (χ1v) is 9.80. The predicted octanol–water partition coefficient (Wildman–Crippen LogP) is 4.42. The van der Waals surface area contributed by atoms with Crippen LogP contribution in [0.3, 0.4) is 0 Å². The summed E-state index contributed by atoms with van der Waals surface area (Å²) in [6, 6.07) is 17.1. The highest BCUT2D eigenvalue weighted by Crippen LogP contribution is 2.20. The van der Waals surface area contributed by atoms with Gasteiger partial charge in [0.25, 0.3) is 11.5 Å². The van der Waals surface area contributed by atoms with Crippen molar-refractivity contribution in [2.75, 3.05) is 0 Å². The summed E-state index contributed by atoms with van der Waals surface area (Å²) in [7, 11) is 0. The number of hydrogen-bond acceptors (Lipinski definition) is 3. The van der Waals surface area contributed by atoms with E-state index in [1.54, 1.807) is 12.1 Å². The lowest BCUT2D eigenvalue weighted by Gasteiger charge is -2.29. The molecule has 5 heteroatoms. The molecule has 1 aromatic heterocycles. The van der Waals surface area contributed by atoms with Crippen molar-refractivity contribution in [1.29, 1.82) is 0 Å². The Hall–Kier alpha value is -2.95.